The Hall–Kier alpha value is -2.74. The monoisotopic (exact) mass is 398 g/mol. The highest BCUT2D eigenvalue weighted by Crippen LogP contribution is 2.36. The van der Waals surface area contributed by atoms with Gasteiger partial charge in [-0.25, -0.2) is 0 Å². The van der Waals surface area contributed by atoms with Crippen molar-refractivity contribution in [2.24, 2.45) is 5.92 Å². The second-order valence-corrected chi connectivity index (χ2v) is 7.97. The molecule has 0 bridgehead atoms. The molecule has 8 nitrogen and oxygen atoms in total. The molecule has 3 aliphatic heterocycles. The van der Waals surface area contributed by atoms with E-state index < -0.39 is 23.8 Å². The summed E-state index contributed by atoms with van der Waals surface area (Å²) < 4.78 is 0. The lowest BCUT2D eigenvalue weighted by Crippen LogP contribution is -2.54. The number of hydrogen-bond donors (Lipinski definition) is 2. The molecule has 0 spiro atoms. The van der Waals surface area contributed by atoms with Gasteiger partial charge in [-0.05, 0) is 57.3 Å². The molecule has 29 heavy (non-hydrogen) atoms. The van der Waals surface area contributed by atoms with E-state index in [-0.39, 0.29) is 18.7 Å². The van der Waals surface area contributed by atoms with Gasteiger partial charge in [-0.1, -0.05) is 6.07 Å². The summed E-state index contributed by atoms with van der Waals surface area (Å²) in [6.07, 6.45) is 3.52. The van der Waals surface area contributed by atoms with Crippen LogP contribution in [0.5, 0.6) is 0 Å². The summed E-state index contributed by atoms with van der Waals surface area (Å²) in [4.78, 5) is 53.1. The van der Waals surface area contributed by atoms with Gasteiger partial charge in [0.2, 0.25) is 11.8 Å². The number of rotatable bonds is 5. The van der Waals surface area contributed by atoms with Crippen LogP contribution in [0.2, 0.25) is 0 Å². The summed E-state index contributed by atoms with van der Waals surface area (Å²) in [5, 5.41) is 5.42. The summed E-state index contributed by atoms with van der Waals surface area (Å²) in [6.45, 7) is 2.68. The molecule has 4 rings (SSSR count). The maximum atomic E-state index is 13.2. The van der Waals surface area contributed by atoms with Gasteiger partial charge < -0.3 is 10.2 Å². The third kappa shape index (κ3) is 3.53. The summed E-state index contributed by atoms with van der Waals surface area (Å²) in [7, 11) is 1.96. The number of nitrogens with zero attached hydrogens (tertiary/aromatic N) is 2. The van der Waals surface area contributed by atoms with Crippen molar-refractivity contribution in [3.05, 3.63) is 29.3 Å². The Morgan fingerprint density at radius 1 is 1.07 bits per heavy atom. The summed E-state index contributed by atoms with van der Waals surface area (Å²) >= 11 is 0. The number of fused-ring (bicyclic) bond motifs is 1. The smallest absolute Gasteiger partial charge is 0.264 e. The first-order chi connectivity index (χ1) is 14.0. The van der Waals surface area contributed by atoms with Gasteiger partial charge in [0.05, 0.1) is 16.8 Å². The molecule has 1 unspecified atom stereocenters. The van der Waals surface area contributed by atoms with Crippen molar-refractivity contribution in [3.8, 4) is 0 Å². The van der Waals surface area contributed by atoms with Crippen molar-refractivity contribution < 1.29 is 19.2 Å². The van der Waals surface area contributed by atoms with Crippen molar-refractivity contribution in [2.45, 2.75) is 38.1 Å². The lowest BCUT2D eigenvalue weighted by Gasteiger charge is -2.34. The molecule has 3 aliphatic rings. The van der Waals surface area contributed by atoms with Crippen molar-refractivity contribution in [1.82, 2.24) is 15.5 Å². The van der Waals surface area contributed by atoms with E-state index in [1.165, 1.54) is 0 Å². The minimum Gasteiger partial charge on any atom is -0.371 e. The van der Waals surface area contributed by atoms with Gasteiger partial charge in [0.25, 0.3) is 11.8 Å². The molecule has 1 aromatic rings. The van der Waals surface area contributed by atoms with Crippen LogP contribution < -0.4 is 15.5 Å². The fraction of sp³-hybridized carbons (Fsp3) is 0.524. The minimum absolute atomic E-state index is 0.122. The van der Waals surface area contributed by atoms with E-state index in [0.717, 1.165) is 49.5 Å². The molecule has 2 saturated heterocycles. The largest absolute Gasteiger partial charge is 0.371 e. The molecular weight excluding hydrogens is 372 g/mol. The van der Waals surface area contributed by atoms with Crippen LogP contribution in [0.25, 0.3) is 0 Å². The number of amides is 4. The molecule has 1 atom stereocenters. The highest BCUT2D eigenvalue weighted by Gasteiger charge is 2.46. The molecule has 0 radical (unpaired) electrons. The van der Waals surface area contributed by atoms with Crippen LogP contribution >= 0.6 is 0 Å². The van der Waals surface area contributed by atoms with E-state index in [1.807, 2.05) is 13.1 Å². The number of hydrogen-bond acceptors (Lipinski definition) is 6. The molecule has 4 amide bonds. The van der Waals surface area contributed by atoms with E-state index in [0.29, 0.717) is 17.0 Å². The average Bonchev–Trinajstić information content (AvgIpc) is 2.98. The molecule has 0 saturated carbocycles. The molecule has 2 N–H and O–H groups in total. The highest BCUT2D eigenvalue weighted by atomic mass is 16.2. The molecule has 154 valence electrons. The number of benzene rings is 1. The Morgan fingerprint density at radius 2 is 1.83 bits per heavy atom. The zero-order valence-corrected chi connectivity index (χ0v) is 16.6. The topological polar surface area (TPSA) is 98.8 Å². The Bertz CT molecular complexity index is 860. The zero-order valence-electron chi connectivity index (χ0n) is 16.6. The van der Waals surface area contributed by atoms with Crippen molar-refractivity contribution >= 4 is 29.3 Å². The first-order valence-corrected chi connectivity index (χ1v) is 10.3. The van der Waals surface area contributed by atoms with E-state index in [9.17, 15) is 19.2 Å². The van der Waals surface area contributed by atoms with Gasteiger partial charge >= 0.3 is 0 Å². The minimum atomic E-state index is -0.930. The first kappa shape index (κ1) is 19.6. The number of imide groups is 2. The highest BCUT2D eigenvalue weighted by molar-refractivity contribution is 6.25. The van der Waals surface area contributed by atoms with Gasteiger partial charge in [-0.15, -0.1) is 0 Å². The molecule has 0 aromatic heterocycles. The Morgan fingerprint density at radius 3 is 2.52 bits per heavy atom. The van der Waals surface area contributed by atoms with Crippen LogP contribution in [0.15, 0.2) is 18.2 Å². The number of anilines is 1. The van der Waals surface area contributed by atoms with Crippen LogP contribution in [0, 0.1) is 5.92 Å². The van der Waals surface area contributed by atoms with E-state index in [4.69, 9.17) is 0 Å². The van der Waals surface area contributed by atoms with Gasteiger partial charge in [-0.3, -0.25) is 29.4 Å². The van der Waals surface area contributed by atoms with E-state index >= 15 is 0 Å². The fourth-order valence-electron chi connectivity index (χ4n) is 4.57. The molecule has 1 aromatic carbocycles. The van der Waals surface area contributed by atoms with Crippen LogP contribution in [0.3, 0.4) is 0 Å². The molecular formula is C21H26N4O4. The van der Waals surface area contributed by atoms with Crippen molar-refractivity contribution in [2.75, 3.05) is 31.6 Å². The Kier molecular flexibility index (Phi) is 5.36. The van der Waals surface area contributed by atoms with Crippen molar-refractivity contribution in [3.63, 3.8) is 0 Å². The molecule has 2 fully saturated rings. The molecule has 8 heteroatoms. The predicted octanol–water partition coefficient (Wildman–Crippen LogP) is 0.914. The lowest BCUT2D eigenvalue weighted by atomic mass is 9.92. The summed E-state index contributed by atoms with van der Waals surface area (Å²) in [5.41, 5.74) is 1.49. The first-order valence-electron chi connectivity index (χ1n) is 10.3. The number of carbonyl (C=O) groups is 4. The maximum absolute atomic E-state index is 13.2. The lowest BCUT2D eigenvalue weighted by molar-refractivity contribution is -0.136. The third-order valence-corrected chi connectivity index (χ3v) is 6.20. The van der Waals surface area contributed by atoms with Crippen LogP contribution in [0.1, 0.15) is 52.8 Å². The average molecular weight is 398 g/mol. The van der Waals surface area contributed by atoms with Crippen LogP contribution in [-0.2, 0) is 9.59 Å². The molecule has 0 aliphatic carbocycles. The maximum Gasteiger partial charge on any atom is 0.264 e. The third-order valence-electron chi connectivity index (χ3n) is 6.20. The number of nitrogens with one attached hydrogen (secondary N) is 2. The van der Waals surface area contributed by atoms with Crippen LogP contribution in [-0.4, -0.2) is 61.3 Å². The second kappa shape index (κ2) is 7.94. The number of carbonyl (C=O) groups excluding carboxylic acids is 4. The number of piperidine rings is 2. The standard InChI is InChI=1S/C21H26N4O4/c1-22-10-7-13-8-11-24(12-9-13)15-4-2-3-14-18(15)21(29)25(20(14)28)16-5-6-17(26)23-19(16)27/h2-4,13,16,22H,5-12H2,1H3,(H,23,26,27). The van der Waals surface area contributed by atoms with Gasteiger partial charge in [0, 0.05) is 19.5 Å². The SMILES string of the molecule is CNCCC1CCN(c2cccc3c2C(=O)N(C2CCC(=O)NC2=O)C3=O)CC1. The normalized spacial score (nSPS) is 22.9. The Balaban J connectivity index is 1.56. The second-order valence-electron chi connectivity index (χ2n) is 7.97. The quantitative estimate of drug-likeness (QED) is 0.716. The summed E-state index contributed by atoms with van der Waals surface area (Å²) in [6, 6.07) is 4.39. The van der Waals surface area contributed by atoms with Crippen molar-refractivity contribution in [1.29, 1.82) is 0 Å². The molecule has 3 heterocycles. The predicted molar refractivity (Wildman–Crippen MR) is 107 cm³/mol. The van der Waals surface area contributed by atoms with Gasteiger partial charge in [0.1, 0.15) is 6.04 Å². The van der Waals surface area contributed by atoms with E-state index in [2.05, 4.69) is 15.5 Å². The van der Waals surface area contributed by atoms with Crippen LogP contribution in [0.4, 0.5) is 5.69 Å². The summed E-state index contributed by atoms with van der Waals surface area (Å²) in [5.74, 6) is -1.18. The van der Waals surface area contributed by atoms with E-state index in [1.54, 1.807) is 12.1 Å². The zero-order chi connectivity index (χ0) is 20.5. The van der Waals surface area contributed by atoms with Gasteiger partial charge in [-0.2, -0.15) is 0 Å². The fourth-order valence-corrected chi connectivity index (χ4v) is 4.57. The van der Waals surface area contributed by atoms with Gasteiger partial charge in [0.15, 0.2) is 0 Å². The Labute approximate surface area is 169 Å².